The lowest BCUT2D eigenvalue weighted by molar-refractivity contribution is -0.885. The second-order valence-electron chi connectivity index (χ2n) is 13.0. The first-order valence-corrected chi connectivity index (χ1v) is 16.7. The van der Waals surface area contributed by atoms with E-state index in [2.05, 4.69) is 17.2 Å². The molecule has 10 heteroatoms. The Morgan fingerprint density at radius 3 is 2.85 bits per heavy atom. The topological polar surface area (TPSA) is 162 Å². The Balaban J connectivity index is 1.20. The highest BCUT2D eigenvalue weighted by atomic mass is 16.5. The van der Waals surface area contributed by atoms with E-state index in [1.807, 2.05) is 31.5 Å². The quantitative estimate of drug-likeness (QED) is 0.183. The number of Topliss-reactive ketones (excluding diaryl/α,β-unsaturated/α-hetero) is 1. The third-order valence-corrected chi connectivity index (χ3v) is 9.55. The van der Waals surface area contributed by atoms with E-state index in [9.17, 15) is 25.2 Å². The molecule has 2 aromatic carbocycles. The largest absolute Gasteiger partial charge is 0.504 e. The third kappa shape index (κ3) is 7.52. The minimum atomic E-state index is -0.983. The van der Waals surface area contributed by atoms with Crippen LogP contribution in [0.25, 0.3) is 0 Å². The van der Waals surface area contributed by atoms with Crippen LogP contribution < -0.4 is 20.7 Å². The molecule has 248 valence electrons. The SMILES string of the molecule is CCC[C@H](O)C[C@@H](O)CC(=O)CCc1ccc(O)c(O[C@H]2CC#C[C@H](O)c3ccc4c(c3CC3=C5C[NH+]2C=C5N=C3)CCN[C@H]4N)c1. The van der Waals surface area contributed by atoms with Gasteiger partial charge in [0.15, 0.2) is 11.5 Å². The number of aliphatic hydroxyl groups excluding tert-OH is 3. The minimum absolute atomic E-state index is 0.000184. The van der Waals surface area contributed by atoms with Crippen LogP contribution in [0.2, 0.25) is 0 Å². The van der Waals surface area contributed by atoms with E-state index in [-0.39, 0.29) is 37.0 Å². The van der Waals surface area contributed by atoms with Crippen molar-refractivity contribution in [2.24, 2.45) is 10.7 Å². The highest BCUT2D eigenvalue weighted by Gasteiger charge is 2.36. The number of carbonyl (C=O) groups is 1. The van der Waals surface area contributed by atoms with Gasteiger partial charge in [0.1, 0.15) is 36.7 Å². The zero-order chi connectivity index (χ0) is 33.1. The lowest BCUT2D eigenvalue weighted by atomic mass is 9.85. The van der Waals surface area contributed by atoms with Crippen molar-refractivity contribution in [2.45, 2.75) is 95.4 Å². The number of aliphatic imine (C=N–C) groups is 1. The molecule has 8 N–H and O–H groups in total. The Morgan fingerprint density at radius 1 is 1.19 bits per heavy atom. The molecule has 2 aromatic rings. The molecule has 6 atom stereocenters. The van der Waals surface area contributed by atoms with Crippen molar-refractivity contribution in [3.63, 3.8) is 0 Å². The van der Waals surface area contributed by atoms with Crippen molar-refractivity contribution >= 4 is 12.0 Å². The zero-order valence-electron chi connectivity index (χ0n) is 26.8. The summed E-state index contributed by atoms with van der Waals surface area (Å²) in [6, 6.07) is 8.99. The number of phenolic OH excluding ortho intramolecular Hbond substituents is 1. The van der Waals surface area contributed by atoms with E-state index >= 15 is 0 Å². The molecule has 6 rings (SSSR count). The number of nitrogens with zero attached hydrogens (tertiary/aromatic N) is 1. The molecular weight excluding hydrogens is 596 g/mol. The number of nitrogens with one attached hydrogen (secondary N) is 2. The molecule has 10 nitrogen and oxygen atoms in total. The summed E-state index contributed by atoms with van der Waals surface area (Å²) in [5, 5.41) is 45.5. The smallest absolute Gasteiger partial charge is 0.247 e. The van der Waals surface area contributed by atoms with Crippen LogP contribution in [0, 0.1) is 11.8 Å². The summed E-state index contributed by atoms with van der Waals surface area (Å²) < 4.78 is 6.43. The molecule has 47 heavy (non-hydrogen) atoms. The summed E-state index contributed by atoms with van der Waals surface area (Å²) in [5.41, 5.74) is 14.4. The summed E-state index contributed by atoms with van der Waals surface area (Å²) >= 11 is 0. The molecule has 2 bridgehead atoms. The fourth-order valence-corrected chi connectivity index (χ4v) is 7.05. The molecule has 0 aliphatic carbocycles. The van der Waals surface area contributed by atoms with E-state index in [1.165, 1.54) is 5.56 Å². The van der Waals surface area contributed by atoms with E-state index in [0.29, 0.717) is 38.0 Å². The summed E-state index contributed by atoms with van der Waals surface area (Å²) in [4.78, 5) is 18.3. The molecule has 4 heterocycles. The second-order valence-corrected chi connectivity index (χ2v) is 13.0. The molecule has 0 saturated carbocycles. The van der Waals surface area contributed by atoms with Gasteiger partial charge < -0.3 is 30.9 Å². The fraction of sp³-hybridized carbons (Fsp3) is 0.459. The van der Waals surface area contributed by atoms with E-state index in [0.717, 1.165) is 63.4 Å². The van der Waals surface area contributed by atoms with Gasteiger partial charge in [0.25, 0.3) is 0 Å². The summed E-state index contributed by atoms with van der Waals surface area (Å²) in [7, 11) is 0. The van der Waals surface area contributed by atoms with Crippen LogP contribution in [0.5, 0.6) is 11.5 Å². The number of rotatable bonds is 11. The second kappa shape index (κ2) is 14.5. The number of allylic oxidation sites excluding steroid dienone is 1. The molecule has 0 radical (unpaired) electrons. The highest BCUT2D eigenvalue weighted by molar-refractivity contribution is 5.87. The molecule has 1 unspecified atom stereocenters. The molecule has 0 spiro atoms. The molecule has 4 aliphatic rings. The highest BCUT2D eigenvalue weighted by Crippen LogP contribution is 2.34. The average molecular weight is 642 g/mol. The van der Waals surface area contributed by atoms with Crippen LogP contribution in [-0.2, 0) is 24.1 Å². The number of aryl methyl sites for hydroxylation is 1. The van der Waals surface area contributed by atoms with Gasteiger partial charge in [0.2, 0.25) is 6.23 Å². The lowest BCUT2D eigenvalue weighted by Crippen LogP contribution is -3.11. The van der Waals surface area contributed by atoms with Crippen LogP contribution >= 0.6 is 0 Å². The van der Waals surface area contributed by atoms with Gasteiger partial charge in [-0.15, -0.1) is 0 Å². The Hall–Kier alpha value is -3.82. The number of aliphatic hydroxyl groups is 3. The standard InChI is InChI=1S/C37H44N4O6/c1-2-4-24(42)17-26(44)18-25(43)9-7-22-8-12-34(46)35(15-22)47-36-6-3-5-33(45)28-10-11-29-27(13-14-39-37(29)38)30(28)16-23-19-40-32-21-41(36)20-31(23)32/h8,10-12,15,19,21,24,26,33,36-37,39,42,44-46H,2,4,6-7,9,13-14,16-18,20,38H2,1H3/p+1/t24-,26+,33-,36-,37+/m0/s1. The summed E-state index contributed by atoms with van der Waals surface area (Å²) in [6.45, 7) is 3.38. The number of hydrogen-bond acceptors (Lipinski definition) is 9. The normalized spacial score (nSPS) is 24.2. The zero-order valence-corrected chi connectivity index (χ0v) is 26.8. The van der Waals surface area contributed by atoms with Crippen molar-refractivity contribution in [1.82, 2.24) is 5.32 Å². The minimum Gasteiger partial charge on any atom is -0.504 e. The van der Waals surface area contributed by atoms with Crippen LogP contribution in [-0.4, -0.2) is 63.9 Å². The molecule has 4 aliphatic heterocycles. The molecule has 0 saturated heterocycles. The number of nitrogens with two attached hydrogens (primary N) is 1. The number of ether oxygens (including phenoxy) is 1. The Morgan fingerprint density at radius 2 is 2.02 bits per heavy atom. The van der Waals surface area contributed by atoms with Crippen LogP contribution in [0.3, 0.4) is 0 Å². The number of phenols is 1. The Kier molecular flexibility index (Phi) is 10.2. The van der Waals surface area contributed by atoms with Gasteiger partial charge in [-0.05, 0) is 71.2 Å². The van der Waals surface area contributed by atoms with E-state index in [1.54, 1.807) is 18.2 Å². The number of quaternary nitrogens is 1. The van der Waals surface area contributed by atoms with Gasteiger partial charge in [-0.3, -0.25) is 20.0 Å². The third-order valence-electron chi connectivity index (χ3n) is 9.55. The number of benzene rings is 2. The van der Waals surface area contributed by atoms with Gasteiger partial charge in [-0.2, -0.15) is 0 Å². The molecular formula is C37H45N4O6+. The van der Waals surface area contributed by atoms with Gasteiger partial charge in [-0.25, -0.2) is 0 Å². The number of carbonyl (C=O) groups excluding carboxylic acids is 1. The molecule has 0 aromatic heterocycles. The average Bonchev–Trinajstić information content (AvgIpc) is 3.62. The maximum absolute atomic E-state index is 12.6. The van der Waals surface area contributed by atoms with Crippen molar-refractivity contribution in [2.75, 3.05) is 13.1 Å². The first kappa shape index (κ1) is 33.1. The maximum atomic E-state index is 12.6. The van der Waals surface area contributed by atoms with Gasteiger partial charge >= 0.3 is 0 Å². The maximum Gasteiger partial charge on any atom is 0.247 e. The first-order valence-electron chi connectivity index (χ1n) is 16.7. The predicted octanol–water partition coefficient (Wildman–Crippen LogP) is 1.81. The molecule has 0 fully saturated rings. The van der Waals surface area contributed by atoms with Crippen LogP contribution in [0.1, 0.15) is 85.5 Å². The van der Waals surface area contributed by atoms with Crippen LogP contribution in [0.4, 0.5) is 0 Å². The number of ketones is 1. The van der Waals surface area contributed by atoms with Gasteiger partial charge in [-0.1, -0.05) is 43.4 Å². The Labute approximate surface area is 275 Å². The lowest BCUT2D eigenvalue weighted by Gasteiger charge is -2.28. The van der Waals surface area contributed by atoms with Crippen molar-refractivity contribution in [3.05, 3.63) is 81.2 Å². The monoisotopic (exact) mass is 641 g/mol. The van der Waals surface area contributed by atoms with Crippen molar-refractivity contribution in [3.8, 4) is 23.3 Å². The van der Waals surface area contributed by atoms with Gasteiger partial charge in [0, 0.05) is 37.6 Å². The van der Waals surface area contributed by atoms with Gasteiger partial charge in [0.05, 0.1) is 18.4 Å². The number of hydrogen-bond donors (Lipinski definition) is 7. The summed E-state index contributed by atoms with van der Waals surface area (Å²) in [5.74, 6) is 6.39. The van der Waals surface area contributed by atoms with Crippen LogP contribution in [0.15, 0.2) is 58.4 Å². The first-order chi connectivity index (χ1) is 22.7. The summed E-state index contributed by atoms with van der Waals surface area (Å²) in [6.07, 6.45) is 4.76. The number of fused-ring (bicyclic) bond motifs is 4. The van der Waals surface area contributed by atoms with E-state index < -0.39 is 24.5 Å². The Bertz CT molecular complexity index is 1670. The predicted molar refractivity (Wildman–Crippen MR) is 178 cm³/mol. The molecule has 0 amide bonds. The number of aromatic hydroxyl groups is 1. The van der Waals surface area contributed by atoms with E-state index in [4.69, 9.17) is 15.5 Å². The fourth-order valence-electron chi connectivity index (χ4n) is 7.05. The van der Waals surface area contributed by atoms with Crippen molar-refractivity contribution < 1.29 is 34.9 Å². The van der Waals surface area contributed by atoms with Crippen molar-refractivity contribution in [1.29, 1.82) is 0 Å².